The molecule has 0 aliphatic carbocycles. The number of aromatic nitrogens is 1. The van der Waals surface area contributed by atoms with Crippen molar-refractivity contribution >= 4 is 42.6 Å². The smallest absolute Gasteiger partial charge is 0.184 e. The molecule has 2 nitrogen and oxygen atoms in total. The first kappa shape index (κ1) is 12.6. The van der Waals surface area contributed by atoms with Gasteiger partial charge in [0.1, 0.15) is 5.82 Å². The van der Waals surface area contributed by atoms with Gasteiger partial charge in [-0.25, -0.2) is 9.37 Å². The normalized spacial score (nSPS) is 10.8. The average molecular weight is 337 g/mol. The van der Waals surface area contributed by atoms with Crippen LogP contribution < -0.4 is 5.32 Å². The van der Waals surface area contributed by atoms with E-state index in [-0.39, 0.29) is 5.82 Å². The van der Waals surface area contributed by atoms with Crippen LogP contribution in [-0.2, 0) is 6.54 Å². The van der Waals surface area contributed by atoms with Gasteiger partial charge in [-0.05, 0) is 24.3 Å². The highest BCUT2D eigenvalue weighted by molar-refractivity contribution is 9.10. The molecule has 96 valence electrons. The molecule has 0 aliphatic rings. The number of rotatable bonds is 3. The number of halogens is 2. The second kappa shape index (κ2) is 5.27. The highest BCUT2D eigenvalue weighted by Crippen LogP contribution is 2.28. The van der Waals surface area contributed by atoms with Crippen molar-refractivity contribution in [3.63, 3.8) is 0 Å². The summed E-state index contributed by atoms with van der Waals surface area (Å²) in [4.78, 5) is 4.47. The lowest BCUT2D eigenvalue weighted by molar-refractivity contribution is 0.613. The Balaban J connectivity index is 1.80. The zero-order valence-corrected chi connectivity index (χ0v) is 12.3. The highest BCUT2D eigenvalue weighted by atomic mass is 79.9. The topological polar surface area (TPSA) is 24.9 Å². The lowest BCUT2D eigenvalue weighted by Crippen LogP contribution is -2.00. The van der Waals surface area contributed by atoms with E-state index in [2.05, 4.69) is 26.2 Å². The van der Waals surface area contributed by atoms with E-state index < -0.39 is 0 Å². The number of hydrogen-bond acceptors (Lipinski definition) is 3. The van der Waals surface area contributed by atoms with Gasteiger partial charge in [-0.15, -0.1) is 0 Å². The van der Waals surface area contributed by atoms with Crippen molar-refractivity contribution in [2.24, 2.45) is 0 Å². The van der Waals surface area contributed by atoms with Crippen LogP contribution >= 0.6 is 27.3 Å². The molecular weight excluding hydrogens is 327 g/mol. The molecule has 19 heavy (non-hydrogen) atoms. The van der Waals surface area contributed by atoms with Gasteiger partial charge in [-0.1, -0.05) is 45.5 Å². The van der Waals surface area contributed by atoms with Crippen molar-refractivity contribution < 1.29 is 4.39 Å². The average Bonchev–Trinajstić information content (AvgIpc) is 2.79. The summed E-state index contributed by atoms with van der Waals surface area (Å²) in [5.74, 6) is -0.196. The summed E-state index contributed by atoms with van der Waals surface area (Å²) in [6.07, 6.45) is 0. The van der Waals surface area contributed by atoms with E-state index in [0.717, 1.165) is 19.8 Å². The summed E-state index contributed by atoms with van der Waals surface area (Å²) in [7, 11) is 0. The minimum atomic E-state index is -0.196. The Bertz CT molecular complexity index is 726. The molecule has 0 fully saturated rings. The Kier molecular flexibility index (Phi) is 3.48. The fourth-order valence-corrected chi connectivity index (χ4v) is 2.98. The Labute approximate surface area is 122 Å². The third-order valence-electron chi connectivity index (χ3n) is 2.74. The molecule has 0 aliphatic heterocycles. The van der Waals surface area contributed by atoms with E-state index in [0.29, 0.717) is 12.1 Å². The third-order valence-corrected chi connectivity index (χ3v) is 4.22. The van der Waals surface area contributed by atoms with Crippen molar-refractivity contribution in [3.05, 3.63) is 58.3 Å². The van der Waals surface area contributed by atoms with Gasteiger partial charge in [-0.2, -0.15) is 0 Å². The Morgan fingerprint density at radius 2 is 2.05 bits per heavy atom. The molecule has 1 aromatic heterocycles. The van der Waals surface area contributed by atoms with Crippen LogP contribution in [0.4, 0.5) is 9.52 Å². The third kappa shape index (κ3) is 2.77. The molecule has 0 spiro atoms. The quantitative estimate of drug-likeness (QED) is 0.742. The van der Waals surface area contributed by atoms with Crippen molar-refractivity contribution in [2.75, 3.05) is 5.32 Å². The lowest BCUT2D eigenvalue weighted by atomic mass is 10.2. The number of anilines is 1. The summed E-state index contributed by atoms with van der Waals surface area (Å²) in [6, 6.07) is 12.7. The van der Waals surface area contributed by atoms with Gasteiger partial charge in [0.05, 0.1) is 10.2 Å². The summed E-state index contributed by atoms with van der Waals surface area (Å²) in [5, 5.41) is 3.96. The number of nitrogens with one attached hydrogen (secondary N) is 1. The first-order valence-electron chi connectivity index (χ1n) is 5.76. The molecule has 1 N–H and O–H groups in total. The van der Waals surface area contributed by atoms with Gasteiger partial charge in [0, 0.05) is 16.6 Å². The molecule has 0 bridgehead atoms. The largest absolute Gasteiger partial charge is 0.357 e. The molecule has 3 rings (SSSR count). The summed E-state index contributed by atoms with van der Waals surface area (Å²) >= 11 is 4.99. The minimum Gasteiger partial charge on any atom is -0.357 e. The van der Waals surface area contributed by atoms with Crippen molar-refractivity contribution in [1.29, 1.82) is 0 Å². The van der Waals surface area contributed by atoms with E-state index in [1.165, 1.54) is 6.07 Å². The first-order valence-corrected chi connectivity index (χ1v) is 7.37. The van der Waals surface area contributed by atoms with Crippen LogP contribution in [0.1, 0.15) is 5.56 Å². The molecule has 5 heteroatoms. The Morgan fingerprint density at radius 3 is 2.89 bits per heavy atom. The van der Waals surface area contributed by atoms with Crippen molar-refractivity contribution in [3.8, 4) is 0 Å². The molecule has 0 amide bonds. The van der Waals surface area contributed by atoms with E-state index in [1.54, 1.807) is 23.5 Å². The summed E-state index contributed by atoms with van der Waals surface area (Å²) < 4.78 is 15.6. The van der Waals surface area contributed by atoms with Gasteiger partial charge in [0.2, 0.25) is 0 Å². The number of benzene rings is 2. The van der Waals surface area contributed by atoms with E-state index in [9.17, 15) is 4.39 Å². The minimum absolute atomic E-state index is 0.196. The van der Waals surface area contributed by atoms with Crippen LogP contribution in [0.2, 0.25) is 0 Å². The molecule has 3 aromatic rings. The molecule has 0 atom stereocenters. The number of hydrogen-bond donors (Lipinski definition) is 1. The van der Waals surface area contributed by atoms with E-state index in [4.69, 9.17) is 0 Å². The van der Waals surface area contributed by atoms with Crippen LogP contribution in [-0.4, -0.2) is 4.98 Å². The van der Waals surface area contributed by atoms with Crippen LogP contribution in [0.15, 0.2) is 46.9 Å². The SMILES string of the molecule is Fc1ccccc1CNc1nc2cc(Br)ccc2s1. The fraction of sp³-hybridized carbons (Fsp3) is 0.0714. The van der Waals surface area contributed by atoms with Crippen LogP contribution in [0.5, 0.6) is 0 Å². The fourth-order valence-electron chi connectivity index (χ4n) is 1.79. The van der Waals surface area contributed by atoms with Crippen LogP contribution in [0.25, 0.3) is 10.2 Å². The lowest BCUT2D eigenvalue weighted by Gasteiger charge is -2.03. The van der Waals surface area contributed by atoms with E-state index >= 15 is 0 Å². The van der Waals surface area contributed by atoms with Gasteiger partial charge in [0.25, 0.3) is 0 Å². The second-order valence-corrected chi connectivity index (χ2v) is 6.02. The molecule has 0 radical (unpaired) electrons. The Morgan fingerprint density at radius 1 is 1.21 bits per heavy atom. The number of fused-ring (bicyclic) bond motifs is 1. The predicted octanol–water partition coefficient (Wildman–Crippen LogP) is 4.81. The molecule has 1 heterocycles. The van der Waals surface area contributed by atoms with Crippen LogP contribution in [0, 0.1) is 5.82 Å². The highest BCUT2D eigenvalue weighted by Gasteiger charge is 2.05. The standard InChI is InChI=1S/C14H10BrFN2S/c15-10-5-6-13-12(7-10)18-14(19-13)17-8-9-3-1-2-4-11(9)16/h1-7H,8H2,(H,17,18). The maximum Gasteiger partial charge on any atom is 0.184 e. The number of thiazole rings is 1. The first-order chi connectivity index (χ1) is 9.22. The molecular formula is C14H10BrFN2S. The van der Waals surface area contributed by atoms with E-state index in [1.807, 2.05) is 24.3 Å². The predicted molar refractivity (Wildman–Crippen MR) is 81.0 cm³/mol. The molecule has 0 saturated carbocycles. The van der Waals surface area contributed by atoms with Gasteiger partial charge in [0.15, 0.2) is 5.13 Å². The van der Waals surface area contributed by atoms with Crippen LogP contribution in [0.3, 0.4) is 0 Å². The van der Waals surface area contributed by atoms with Crippen molar-refractivity contribution in [2.45, 2.75) is 6.54 Å². The maximum atomic E-state index is 13.5. The Hall–Kier alpha value is -1.46. The molecule has 0 unspecified atom stereocenters. The molecule has 2 aromatic carbocycles. The number of nitrogens with zero attached hydrogens (tertiary/aromatic N) is 1. The monoisotopic (exact) mass is 336 g/mol. The zero-order valence-electron chi connectivity index (χ0n) is 9.86. The van der Waals surface area contributed by atoms with Gasteiger partial charge >= 0.3 is 0 Å². The van der Waals surface area contributed by atoms with Gasteiger partial charge < -0.3 is 5.32 Å². The maximum absolute atomic E-state index is 13.5. The summed E-state index contributed by atoms with van der Waals surface area (Å²) in [5.41, 5.74) is 1.58. The van der Waals surface area contributed by atoms with Gasteiger partial charge in [-0.3, -0.25) is 0 Å². The van der Waals surface area contributed by atoms with Crippen molar-refractivity contribution in [1.82, 2.24) is 4.98 Å². The second-order valence-electron chi connectivity index (χ2n) is 4.08. The molecule has 0 saturated heterocycles. The summed E-state index contributed by atoms with van der Waals surface area (Å²) in [6.45, 7) is 0.438. The zero-order chi connectivity index (χ0) is 13.2.